The summed E-state index contributed by atoms with van der Waals surface area (Å²) in [7, 11) is -2.21. The Morgan fingerprint density at radius 2 is 1.88 bits per heavy atom. The molecule has 0 spiro atoms. The average molecular weight is 364 g/mol. The number of methoxy groups -OCH3 is 1. The lowest BCUT2D eigenvalue weighted by Crippen LogP contribution is -2.26. The summed E-state index contributed by atoms with van der Waals surface area (Å²) >= 11 is 1.41. The normalized spacial score (nSPS) is 16.9. The fourth-order valence-electron chi connectivity index (χ4n) is 2.23. The van der Waals surface area contributed by atoms with Gasteiger partial charge in [-0.05, 0) is 49.4 Å². The Morgan fingerprint density at radius 1 is 1.17 bits per heavy atom. The Morgan fingerprint density at radius 3 is 2.54 bits per heavy atom. The first-order valence-corrected chi connectivity index (χ1v) is 9.54. The maximum atomic E-state index is 12.5. The molecule has 3 rings (SSSR count). The largest absolute Gasteiger partial charge is 0.497 e. The minimum Gasteiger partial charge on any atom is -0.497 e. The van der Waals surface area contributed by atoms with Crippen LogP contribution in [0.25, 0.3) is 0 Å². The van der Waals surface area contributed by atoms with Crippen LogP contribution < -0.4 is 14.8 Å². The number of ether oxygens (including phenoxy) is 1. The molecule has 1 atom stereocenters. The summed E-state index contributed by atoms with van der Waals surface area (Å²) in [6.07, 6.45) is 0. The molecule has 24 heavy (non-hydrogen) atoms. The van der Waals surface area contributed by atoms with E-state index >= 15 is 0 Å². The van der Waals surface area contributed by atoms with Crippen molar-refractivity contribution in [2.75, 3.05) is 17.1 Å². The molecular weight excluding hydrogens is 348 g/mol. The van der Waals surface area contributed by atoms with E-state index in [-0.39, 0.29) is 16.1 Å². The van der Waals surface area contributed by atoms with Crippen LogP contribution in [-0.4, -0.2) is 26.7 Å². The number of amides is 1. The molecule has 0 bridgehead atoms. The standard InChI is InChI=1S/C16H16N2O4S2/c1-10-16(19)17-14-9-13(7-8-15(14)23-10)24(20,21)18-11-3-5-12(22-2)6-4-11/h3-10,18H,1-2H3,(H,17,19)/t10-/m0/s1. The maximum Gasteiger partial charge on any atom is 0.261 e. The van der Waals surface area contributed by atoms with Gasteiger partial charge in [-0.15, -0.1) is 11.8 Å². The highest BCUT2D eigenvalue weighted by Crippen LogP contribution is 2.37. The number of nitrogens with one attached hydrogen (secondary N) is 2. The lowest BCUT2D eigenvalue weighted by molar-refractivity contribution is -0.115. The van der Waals surface area contributed by atoms with Crippen LogP contribution in [-0.2, 0) is 14.8 Å². The Balaban J connectivity index is 1.87. The van der Waals surface area contributed by atoms with Crippen LogP contribution in [0.3, 0.4) is 0 Å². The zero-order valence-corrected chi connectivity index (χ0v) is 14.7. The number of thioether (sulfide) groups is 1. The number of rotatable bonds is 4. The molecule has 2 aromatic carbocycles. The van der Waals surface area contributed by atoms with Crippen molar-refractivity contribution in [2.24, 2.45) is 0 Å². The van der Waals surface area contributed by atoms with Gasteiger partial charge in [0.2, 0.25) is 5.91 Å². The quantitative estimate of drug-likeness (QED) is 0.871. The van der Waals surface area contributed by atoms with Gasteiger partial charge in [0.05, 0.1) is 22.9 Å². The highest BCUT2D eigenvalue weighted by Gasteiger charge is 2.25. The van der Waals surface area contributed by atoms with E-state index in [4.69, 9.17) is 4.74 Å². The smallest absolute Gasteiger partial charge is 0.261 e. The van der Waals surface area contributed by atoms with Gasteiger partial charge in [0, 0.05) is 10.6 Å². The van der Waals surface area contributed by atoms with Gasteiger partial charge in [0.25, 0.3) is 10.0 Å². The molecule has 6 nitrogen and oxygen atoms in total. The van der Waals surface area contributed by atoms with Crippen molar-refractivity contribution in [3.8, 4) is 5.75 Å². The van der Waals surface area contributed by atoms with Crippen LogP contribution in [0.15, 0.2) is 52.3 Å². The van der Waals surface area contributed by atoms with E-state index in [2.05, 4.69) is 10.0 Å². The third-order valence-electron chi connectivity index (χ3n) is 3.53. The number of hydrogen-bond donors (Lipinski definition) is 2. The molecule has 0 fully saturated rings. The van der Waals surface area contributed by atoms with Crippen molar-refractivity contribution < 1.29 is 17.9 Å². The first kappa shape index (κ1) is 16.7. The highest BCUT2D eigenvalue weighted by molar-refractivity contribution is 8.01. The second-order valence-corrected chi connectivity index (χ2v) is 8.31. The van der Waals surface area contributed by atoms with E-state index in [1.54, 1.807) is 44.4 Å². The topological polar surface area (TPSA) is 84.5 Å². The SMILES string of the molecule is COc1ccc(NS(=O)(=O)c2ccc3c(c2)NC(=O)[C@H](C)S3)cc1. The van der Waals surface area contributed by atoms with E-state index in [0.29, 0.717) is 17.1 Å². The van der Waals surface area contributed by atoms with E-state index in [1.165, 1.54) is 23.9 Å². The lowest BCUT2D eigenvalue weighted by Gasteiger charge is -2.22. The van der Waals surface area contributed by atoms with Crippen molar-refractivity contribution >= 4 is 39.1 Å². The van der Waals surface area contributed by atoms with E-state index in [1.807, 2.05) is 0 Å². The van der Waals surface area contributed by atoms with Gasteiger partial charge >= 0.3 is 0 Å². The third-order valence-corrected chi connectivity index (χ3v) is 6.09. The van der Waals surface area contributed by atoms with E-state index < -0.39 is 10.0 Å². The summed E-state index contributed by atoms with van der Waals surface area (Å²) in [5, 5.41) is 2.54. The maximum absolute atomic E-state index is 12.5. The number of anilines is 2. The predicted octanol–water partition coefficient (Wildman–Crippen LogP) is 2.93. The Hall–Kier alpha value is -2.19. The molecule has 0 aliphatic carbocycles. The molecule has 1 amide bonds. The van der Waals surface area contributed by atoms with Gasteiger partial charge in [-0.1, -0.05) is 0 Å². The number of benzene rings is 2. The van der Waals surface area contributed by atoms with Gasteiger partial charge < -0.3 is 10.1 Å². The number of fused-ring (bicyclic) bond motifs is 1. The predicted molar refractivity (Wildman–Crippen MR) is 94.2 cm³/mol. The van der Waals surface area contributed by atoms with Crippen LogP contribution in [0.1, 0.15) is 6.92 Å². The van der Waals surface area contributed by atoms with Gasteiger partial charge in [-0.3, -0.25) is 9.52 Å². The second kappa shape index (κ2) is 6.37. The van der Waals surface area contributed by atoms with Gasteiger partial charge in [0.15, 0.2) is 0 Å². The van der Waals surface area contributed by atoms with Crippen LogP contribution in [0, 0.1) is 0 Å². The summed E-state index contributed by atoms with van der Waals surface area (Å²) in [6.45, 7) is 1.80. The third kappa shape index (κ3) is 3.34. The van der Waals surface area contributed by atoms with Crippen molar-refractivity contribution in [1.82, 2.24) is 0 Å². The van der Waals surface area contributed by atoms with Crippen molar-refractivity contribution in [3.63, 3.8) is 0 Å². The van der Waals surface area contributed by atoms with Crippen molar-refractivity contribution in [3.05, 3.63) is 42.5 Å². The Kier molecular flexibility index (Phi) is 4.42. The summed E-state index contributed by atoms with van der Waals surface area (Å²) < 4.78 is 32.6. The fraction of sp³-hybridized carbons (Fsp3) is 0.188. The summed E-state index contributed by atoms with van der Waals surface area (Å²) in [6, 6.07) is 11.3. The van der Waals surface area contributed by atoms with Crippen LogP contribution >= 0.6 is 11.8 Å². The molecule has 2 aromatic rings. The van der Waals surface area contributed by atoms with Crippen molar-refractivity contribution in [1.29, 1.82) is 0 Å². The molecule has 0 saturated carbocycles. The zero-order chi connectivity index (χ0) is 17.3. The van der Waals surface area contributed by atoms with Gasteiger partial charge in [-0.2, -0.15) is 0 Å². The number of hydrogen-bond acceptors (Lipinski definition) is 5. The number of carbonyl (C=O) groups is 1. The Bertz CT molecular complexity index is 879. The molecule has 1 aliphatic heterocycles. The van der Waals surface area contributed by atoms with Crippen LogP contribution in [0.4, 0.5) is 11.4 Å². The average Bonchev–Trinajstić information content (AvgIpc) is 2.56. The molecule has 0 saturated heterocycles. The second-order valence-electron chi connectivity index (χ2n) is 5.24. The first-order chi connectivity index (χ1) is 11.4. The van der Waals surface area contributed by atoms with Gasteiger partial charge in [0.1, 0.15) is 5.75 Å². The molecule has 0 aromatic heterocycles. The first-order valence-electron chi connectivity index (χ1n) is 7.17. The fourth-order valence-corrected chi connectivity index (χ4v) is 4.24. The summed E-state index contributed by atoms with van der Waals surface area (Å²) in [4.78, 5) is 12.7. The molecule has 1 aliphatic rings. The molecule has 0 radical (unpaired) electrons. The monoisotopic (exact) mass is 364 g/mol. The lowest BCUT2D eigenvalue weighted by atomic mass is 10.3. The zero-order valence-electron chi connectivity index (χ0n) is 13.1. The van der Waals surface area contributed by atoms with E-state index in [9.17, 15) is 13.2 Å². The molecule has 2 N–H and O–H groups in total. The van der Waals surface area contributed by atoms with Crippen molar-refractivity contribution in [2.45, 2.75) is 22.0 Å². The minimum absolute atomic E-state index is 0.0903. The number of carbonyl (C=O) groups excluding carboxylic acids is 1. The Labute approximate surface area is 144 Å². The molecule has 126 valence electrons. The van der Waals surface area contributed by atoms with Crippen LogP contribution in [0.5, 0.6) is 5.75 Å². The molecule has 8 heteroatoms. The van der Waals surface area contributed by atoms with Gasteiger partial charge in [-0.25, -0.2) is 8.42 Å². The van der Waals surface area contributed by atoms with Crippen LogP contribution in [0.2, 0.25) is 0 Å². The molecular formula is C16H16N2O4S2. The van der Waals surface area contributed by atoms with E-state index in [0.717, 1.165) is 4.90 Å². The number of sulfonamides is 1. The highest BCUT2D eigenvalue weighted by atomic mass is 32.2. The molecule has 0 unspecified atom stereocenters. The molecule has 1 heterocycles. The minimum atomic E-state index is -3.75. The summed E-state index contributed by atoms with van der Waals surface area (Å²) in [5.74, 6) is 0.505. The summed E-state index contributed by atoms with van der Waals surface area (Å²) in [5.41, 5.74) is 0.946.